The molecule has 2 aliphatic heterocycles. The molecule has 1 fully saturated rings. The molecular weight excluding hydrogens is 230 g/mol. The van der Waals surface area contributed by atoms with E-state index < -0.39 is 9.84 Å². The lowest BCUT2D eigenvalue weighted by molar-refractivity contribution is -0.135. The van der Waals surface area contributed by atoms with Gasteiger partial charge in [0.2, 0.25) is 5.91 Å². The lowest BCUT2D eigenvalue weighted by atomic mass is 10.1. The summed E-state index contributed by atoms with van der Waals surface area (Å²) in [5.74, 6) is -0.0568. The number of hydrogen-bond acceptors (Lipinski definition) is 4. The van der Waals surface area contributed by atoms with E-state index >= 15 is 0 Å². The van der Waals surface area contributed by atoms with E-state index in [0.29, 0.717) is 26.3 Å². The van der Waals surface area contributed by atoms with Gasteiger partial charge in [0.25, 0.3) is 0 Å². The van der Waals surface area contributed by atoms with E-state index in [1.165, 1.54) is 5.41 Å². The van der Waals surface area contributed by atoms with Gasteiger partial charge >= 0.3 is 0 Å². The molecule has 1 amide bonds. The van der Waals surface area contributed by atoms with Crippen LogP contribution in [0.15, 0.2) is 11.5 Å². The number of ether oxygens (including phenoxy) is 1. The van der Waals surface area contributed by atoms with Gasteiger partial charge in [0.15, 0.2) is 9.84 Å². The predicted molar refractivity (Wildman–Crippen MR) is 58.4 cm³/mol. The summed E-state index contributed by atoms with van der Waals surface area (Å²) in [5, 5.41) is 1.21. The predicted octanol–water partition coefficient (Wildman–Crippen LogP) is -0.206. The van der Waals surface area contributed by atoms with E-state index in [-0.39, 0.29) is 24.0 Å². The van der Waals surface area contributed by atoms with Crippen molar-refractivity contribution in [1.29, 1.82) is 0 Å². The fourth-order valence-corrected chi connectivity index (χ4v) is 3.33. The lowest BCUT2D eigenvalue weighted by Crippen LogP contribution is -2.41. The minimum Gasteiger partial charge on any atom is -0.378 e. The summed E-state index contributed by atoms with van der Waals surface area (Å²) in [6, 6.07) is 0. The third-order valence-corrected chi connectivity index (χ3v) is 4.27. The van der Waals surface area contributed by atoms with Crippen molar-refractivity contribution in [3.05, 3.63) is 11.5 Å². The molecule has 0 aliphatic carbocycles. The van der Waals surface area contributed by atoms with Crippen LogP contribution in [0.5, 0.6) is 0 Å². The second kappa shape index (κ2) is 4.55. The molecule has 0 radical (unpaired) electrons. The van der Waals surface area contributed by atoms with Crippen LogP contribution in [0.2, 0.25) is 0 Å². The van der Waals surface area contributed by atoms with E-state index in [4.69, 9.17) is 4.74 Å². The minimum atomic E-state index is -3.05. The Balaban J connectivity index is 1.86. The molecule has 0 unspecified atom stereocenters. The molecule has 0 N–H and O–H groups in total. The molecule has 0 aromatic heterocycles. The number of nitrogens with zero attached hydrogens (tertiary/aromatic N) is 1. The normalized spacial score (nSPS) is 28.2. The largest absolute Gasteiger partial charge is 0.378 e. The monoisotopic (exact) mass is 245 g/mol. The Morgan fingerprint density at radius 2 is 2.06 bits per heavy atom. The van der Waals surface area contributed by atoms with E-state index in [9.17, 15) is 13.2 Å². The van der Waals surface area contributed by atoms with Crippen molar-refractivity contribution >= 4 is 15.7 Å². The third-order valence-electron chi connectivity index (χ3n) is 2.81. The summed E-state index contributed by atoms with van der Waals surface area (Å²) < 4.78 is 27.5. The number of carbonyl (C=O) groups excluding carboxylic acids is 1. The van der Waals surface area contributed by atoms with Crippen molar-refractivity contribution in [2.45, 2.75) is 6.42 Å². The second-order valence-corrected chi connectivity index (χ2v) is 6.05. The first-order valence-corrected chi connectivity index (χ1v) is 7.05. The summed E-state index contributed by atoms with van der Waals surface area (Å²) in [7, 11) is -3.05. The van der Waals surface area contributed by atoms with E-state index in [0.717, 1.165) is 0 Å². The maximum atomic E-state index is 11.8. The number of morpholine rings is 1. The Morgan fingerprint density at radius 1 is 1.38 bits per heavy atom. The fourth-order valence-electron chi connectivity index (χ4n) is 1.93. The average Bonchev–Trinajstić information content (AvgIpc) is 2.59. The second-order valence-electron chi connectivity index (χ2n) is 4.12. The smallest absolute Gasteiger partial charge is 0.223 e. The van der Waals surface area contributed by atoms with Crippen molar-refractivity contribution in [3.8, 4) is 0 Å². The molecule has 16 heavy (non-hydrogen) atoms. The fraction of sp³-hybridized carbons (Fsp3) is 0.700. The van der Waals surface area contributed by atoms with Crippen molar-refractivity contribution in [2.75, 3.05) is 32.1 Å². The Kier molecular flexibility index (Phi) is 3.30. The SMILES string of the molecule is O=C(C[C@@H]1C=CS(=O)(=O)C1)N1CCOCC1. The first kappa shape index (κ1) is 11.6. The molecule has 90 valence electrons. The number of hydrogen-bond donors (Lipinski definition) is 0. The van der Waals surface area contributed by atoms with Gasteiger partial charge in [0.1, 0.15) is 0 Å². The number of sulfone groups is 1. The molecule has 0 aromatic carbocycles. The molecular formula is C10H15NO4S. The van der Waals surface area contributed by atoms with Gasteiger partial charge < -0.3 is 9.64 Å². The maximum Gasteiger partial charge on any atom is 0.223 e. The summed E-state index contributed by atoms with van der Waals surface area (Å²) in [5.41, 5.74) is 0. The van der Waals surface area contributed by atoms with Crippen LogP contribution in [0, 0.1) is 5.92 Å². The zero-order valence-electron chi connectivity index (χ0n) is 8.96. The molecule has 1 atom stereocenters. The molecule has 5 nitrogen and oxygen atoms in total. The number of allylic oxidation sites excluding steroid dienone is 1. The van der Waals surface area contributed by atoms with Crippen LogP contribution in [0.4, 0.5) is 0 Å². The number of amides is 1. The van der Waals surface area contributed by atoms with Gasteiger partial charge in [-0.15, -0.1) is 0 Å². The number of rotatable bonds is 2. The highest BCUT2D eigenvalue weighted by molar-refractivity contribution is 7.94. The minimum absolute atomic E-state index is 0.0232. The molecule has 2 heterocycles. The van der Waals surface area contributed by atoms with Crippen LogP contribution in [0.1, 0.15) is 6.42 Å². The summed E-state index contributed by atoms with van der Waals surface area (Å²) in [6.07, 6.45) is 1.91. The van der Waals surface area contributed by atoms with Gasteiger partial charge in [-0.25, -0.2) is 8.42 Å². The van der Waals surface area contributed by atoms with Gasteiger partial charge in [-0.05, 0) is 0 Å². The zero-order chi connectivity index (χ0) is 11.6. The Hall–Kier alpha value is -0.880. The maximum absolute atomic E-state index is 11.8. The molecule has 6 heteroatoms. The van der Waals surface area contributed by atoms with Crippen LogP contribution < -0.4 is 0 Å². The van der Waals surface area contributed by atoms with Crippen molar-refractivity contribution in [3.63, 3.8) is 0 Å². The summed E-state index contributed by atoms with van der Waals surface area (Å²) in [4.78, 5) is 13.5. The zero-order valence-corrected chi connectivity index (χ0v) is 9.78. The summed E-state index contributed by atoms with van der Waals surface area (Å²) in [6.45, 7) is 2.37. The molecule has 2 rings (SSSR count). The van der Waals surface area contributed by atoms with Gasteiger partial charge in [-0.1, -0.05) is 6.08 Å². The van der Waals surface area contributed by atoms with Crippen LogP contribution in [0.3, 0.4) is 0 Å². The molecule has 2 aliphatic rings. The molecule has 1 saturated heterocycles. The van der Waals surface area contributed by atoms with E-state index in [2.05, 4.69) is 0 Å². The molecule has 0 saturated carbocycles. The first-order chi connectivity index (χ1) is 7.57. The van der Waals surface area contributed by atoms with Gasteiger partial charge in [0, 0.05) is 30.8 Å². The number of carbonyl (C=O) groups is 1. The van der Waals surface area contributed by atoms with Crippen LogP contribution in [-0.4, -0.2) is 51.3 Å². The van der Waals surface area contributed by atoms with Crippen molar-refractivity contribution < 1.29 is 17.9 Å². The van der Waals surface area contributed by atoms with Gasteiger partial charge in [-0.3, -0.25) is 4.79 Å². The van der Waals surface area contributed by atoms with Crippen LogP contribution >= 0.6 is 0 Å². The van der Waals surface area contributed by atoms with E-state index in [1.54, 1.807) is 11.0 Å². The molecule has 0 spiro atoms. The molecule has 0 bridgehead atoms. The average molecular weight is 245 g/mol. The van der Waals surface area contributed by atoms with Crippen LogP contribution in [-0.2, 0) is 19.4 Å². The lowest BCUT2D eigenvalue weighted by Gasteiger charge is -2.27. The Bertz CT molecular complexity index is 395. The Labute approximate surface area is 95.0 Å². The Morgan fingerprint density at radius 3 is 2.62 bits per heavy atom. The summed E-state index contributed by atoms with van der Waals surface area (Å²) >= 11 is 0. The topological polar surface area (TPSA) is 63.7 Å². The third kappa shape index (κ3) is 2.82. The van der Waals surface area contributed by atoms with Gasteiger partial charge in [0.05, 0.1) is 19.0 Å². The highest BCUT2D eigenvalue weighted by Gasteiger charge is 2.26. The molecule has 0 aromatic rings. The first-order valence-electron chi connectivity index (χ1n) is 5.33. The quantitative estimate of drug-likeness (QED) is 0.675. The highest BCUT2D eigenvalue weighted by atomic mass is 32.2. The highest BCUT2D eigenvalue weighted by Crippen LogP contribution is 2.19. The van der Waals surface area contributed by atoms with Crippen molar-refractivity contribution in [1.82, 2.24) is 4.90 Å². The van der Waals surface area contributed by atoms with Gasteiger partial charge in [-0.2, -0.15) is 0 Å². The van der Waals surface area contributed by atoms with Crippen LogP contribution in [0.25, 0.3) is 0 Å². The van der Waals surface area contributed by atoms with E-state index in [1.807, 2.05) is 0 Å². The van der Waals surface area contributed by atoms with Crippen molar-refractivity contribution in [2.24, 2.45) is 5.92 Å². The standard InChI is InChI=1S/C10H15NO4S/c12-10(11-2-4-15-5-3-11)7-9-1-6-16(13,14)8-9/h1,6,9H,2-5,7-8H2/t9-/m0/s1.